The van der Waals surface area contributed by atoms with Gasteiger partial charge < -0.3 is 14.8 Å². The van der Waals surface area contributed by atoms with Crippen LogP contribution in [0.25, 0.3) is 11.3 Å². The number of rotatable bonds is 6. The molecule has 1 saturated heterocycles. The van der Waals surface area contributed by atoms with Crippen molar-refractivity contribution in [2.75, 3.05) is 42.3 Å². The second kappa shape index (κ2) is 10.9. The molecule has 3 aromatic carbocycles. The number of hydrogen-bond acceptors (Lipinski definition) is 5. The van der Waals surface area contributed by atoms with E-state index >= 15 is 0 Å². The summed E-state index contributed by atoms with van der Waals surface area (Å²) < 4.78 is 1.48. The molecule has 0 spiro atoms. The zero-order chi connectivity index (χ0) is 29.4. The van der Waals surface area contributed by atoms with Crippen LogP contribution in [-0.2, 0) is 7.05 Å². The first-order chi connectivity index (χ1) is 19.5. The third-order valence-electron chi connectivity index (χ3n) is 7.25. The fourth-order valence-electron chi connectivity index (χ4n) is 5.24. The number of carbonyl (C=O) groups is 2. The minimum atomic E-state index is -0.300. The van der Waals surface area contributed by atoms with Crippen LogP contribution >= 0.6 is 0 Å². The predicted molar refractivity (Wildman–Crippen MR) is 163 cm³/mol. The maximum Gasteiger partial charge on any atom is 0.329 e. The summed E-state index contributed by atoms with van der Waals surface area (Å²) in [7, 11) is 5.06. The Morgan fingerprint density at radius 1 is 0.902 bits per heavy atom. The van der Waals surface area contributed by atoms with Gasteiger partial charge in [0.2, 0.25) is 0 Å². The molecule has 9 heteroatoms. The van der Waals surface area contributed by atoms with Crippen LogP contribution in [0.4, 0.5) is 27.7 Å². The Kier molecular flexibility index (Phi) is 7.36. The standard InChI is InChI=1S/C32H34N6O3/c1-20-15-21(2)17-25(16-20)37-13-14-38(32(37)41)28-12-8-11-26(22(28)3)27-19-36(6)31(40)29(34-27)33-24-10-7-9-23(18-24)30(39)35(4)5/h7-12,15-19H,13-14H2,1-6H3,(H,33,34). The van der Waals surface area contributed by atoms with E-state index in [-0.39, 0.29) is 23.3 Å². The van der Waals surface area contributed by atoms with Crippen molar-refractivity contribution < 1.29 is 9.59 Å². The average molecular weight is 551 g/mol. The van der Waals surface area contributed by atoms with Gasteiger partial charge in [-0.15, -0.1) is 0 Å². The van der Waals surface area contributed by atoms with Gasteiger partial charge in [0, 0.05) is 68.6 Å². The van der Waals surface area contributed by atoms with E-state index in [0.29, 0.717) is 30.0 Å². The van der Waals surface area contributed by atoms with E-state index in [1.165, 1.54) is 9.47 Å². The van der Waals surface area contributed by atoms with Crippen molar-refractivity contribution in [1.29, 1.82) is 0 Å². The summed E-state index contributed by atoms with van der Waals surface area (Å²) in [6, 6.07) is 18.8. The van der Waals surface area contributed by atoms with Crippen molar-refractivity contribution in [2.45, 2.75) is 20.8 Å². The summed E-state index contributed by atoms with van der Waals surface area (Å²) in [5.74, 6) is 0.00533. The summed E-state index contributed by atoms with van der Waals surface area (Å²) in [6.45, 7) is 7.18. The van der Waals surface area contributed by atoms with Crippen molar-refractivity contribution in [3.63, 3.8) is 0 Å². The highest BCUT2D eigenvalue weighted by atomic mass is 16.2. The van der Waals surface area contributed by atoms with Gasteiger partial charge in [-0.1, -0.05) is 24.3 Å². The summed E-state index contributed by atoms with van der Waals surface area (Å²) in [6.07, 6.45) is 1.69. The number of hydrogen-bond donors (Lipinski definition) is 1. The molecule has 1 N–H and O–H groups in total. The second-order valence-corrected chi connectivity index (χ2v) is 10.7. The third kappa shape index (κ3) is 5.43. The van der Waals surface area contributed by atoms with E-state index in [9.17, 15) is 14.4 Å². The lowest BCUT2D eigenvalue weighted by molar-refractivity contribution is 0.0827. The van der Waals surface area contributed by atoms with E-state index in [2.05, 4.69) is 16.4 Å². The Hall–Kier alpha value is -4.92. The van der Waals surface area contributed by atoms with Crippen molar-refractivity contribution in [2.24, 2.45) is 7.05 Å². The SMILES string of the molecule is Cc1cc(C)cc(N2CCN(c3cccc(-c4cn(C)c(=O)c(Nc5cccc(C(=O)N(C)C)c5)n4)c3C)C2=O)c1. The number of aromatic nitrogens is 2. The molecule has 0 unspecified atom stereocenters. The summed E-state index contributed by atoms with van der Waals surface area (Å²) >= 11 is 0. The zero-order valence-corrected chi connectivity index (χ0v) is 24.2. The van der Waals surface area contributed by atoms with Gasteiger partial charge in [-0.2, -0.15) is 0 Å². The predicted octanol–water partition coefficient (Wildman–Crippen LogP) is 5.26. The largest absolute Gasteiger partial charge is 0.345 e. The molecular formula is C32H34N6O3. The number of amides is 3. The molecule has 2 heterocycles. The molecule has 3 amide bonds. The first-order valence-electron chi connectivity index (χ1n) is 13.5. The molecule has 4 aromatic rings. The van der Waals surface area contributed by atoms with Crippen LogP contribution in [0.3, 0.4) is 0 Å². The van der Waals surface area contributed by atoms with Crippen LogP contribution in [0, 0.1) is 20.8 Å². The Balaban J connectivity index is 1.47. The van der Waals surface area contributed by atoms with Gasteiger partial charge in [-0.3, -0.25) is 19.4 Å². The number of aryl methyl sites for hydroxylation is 3. The van der Waals surface area contributed by atoms with Gasteiger partial charge in [-0.25, -0.2) is 9.78 Å². The smallest absolute Gasteiger partial charge is 0.329 e. The minimum Gasteiger partial charge on any atom is -0.345 e. The lowest BCUT2D eigenvalue weighted by Gasteiger charge is -2.22. The monoisotopic (exact) mass is 550 g/mol. The van der Waals surface area contributed by atoms with E-state index in [1.807, 2.05) is 56.0 Å². The molecule has 41 heavy (non-hydrogen) atoms. The van der Waals surface area contributed by atoms with Crippen molar-refractivity contribution in [3.05, 3.63) is 99.5 Å². The van der Waals surface area contributed by atoms with Crippen LogP contribution in [0.5, 0.6) is 0 Å². The molecule has 210 valence electrons. The molecule has 1 aliphatic rings. The minimum absolute atomic E-state index is 0.0711. The molecule has 0 radical (unpaired) electrons. The van der Waals surface area contributed by atoms with E-state index in [0.717, 1.165) is 33.6 Å². The van der Waals surface area contributed by atoms with E-state index in [4.69, 9.17) is 0 Å². The molecule has 1 aromatic heterocycles. The van der Waals surface area contributed by atoms with Crippen molar-refractivity contribution >= 4 is 34.8 Å². The van der Waals surface area contributed by atoms with Crippen LogP contribution in [-0.4, -0.2) is 53.6 Å². The number of carbonyl (C=O) groups excluding carboxylic acids is 2. The molecule has 1 fully saturated rings. The maximum absolute atomic E-state index is 13.6. The molecule has 1 aliphatic heterocycles. The molecule has 0 atom stereocenters. The summed E-state index contributed by atoms with van der Waals surface area (Å²) in [4.78, 5) is 48.8. The van der Waals surface area contributed by atoms with Gasteiger partial charge in [0.05, 0.1) is 5.69 Å². The number of nitrogens with one attached hydrogen (secondary N) is 1. The molecule has 0 aliphatic carbocycles. The second-order valence-electron chi connectivity index (χ2n) is 10.7. The topological polar surface area (TPSA) is 90.8 Å². The number of urea groups is 1. The quantitative estimate of drug-likeness (QED) is 0.354. The van der Waals surface area contributed by atoms with Crippen LogP contribution < -0.4 is 20.7 Å². The third-order valence-corrected chi connectivity index (χ3v) is 7.25. The average Bonchev–Trinajstić information content (AvgIpc) is 3.31. The van der Waals surface area contributed by atoms with Crippen LogP contribution in [0.1, 0.15) is 27.0 Å². The highest BCUT2D eigenvalue weighted by Crippen LogP contribution is 2.33. The van der Waals surface area contributed by atoms with Gasteiger partial charge in [0.1, 0.15) is 0 Å². The lowest BCUT2D eigenvalue weighted by atomic mass is 10.0. The molecule has 5 rings (SSSR count). The fourth-order valence-corrected chi connectivity index (χ4v) is 5.24. The molecule has 9 nitrogen and oxygen atoms in total. The Labute approximate surface area is 239 Å². The zero-order valence-electron chi connectivity index (χ0n) is 24.2. The normalized spacial score (nSPS) is 13.1. The van der Waals surface area contributed by atoms with E-state index in [1.54, 1.807) is 56.5 Å². The Bertz CT molecular complexity index is 1710. The molecule has 0 bridgehead atoms. The first-order valence-corrected chi connectivity index (χ1v) is 13.5. The Morgan fingerprint density at radius 2 is 1.59 bits per heavy atom. The van der Waals surface area contributed by atoms with Gasteiger partial charge in [0.25, 0.3) is 11.5 Å². The summed E-state index contributed by atoms with van der Waals surface area (Å²) in [5.41, 5.74) is 7.01. The van der Waals surface area contributed by atoms with E-state index < -0.39 is 0 Å². The number of anilines is 4. The number of nitrogens with zero attached hydrogens (tertiary/aromatic N) is 5. The highest BCUT2D eigenvalue weighted by Gasteiger charge is 2.32. The van der Waals surface area contributed by atoms with Crippen molar-refractivity contribution in [3.8, 4) is 11.3 Å². The lowest BCUT2D eigenvalue weighted by Crippen LogP contribution is -2.32. The molecular weight excluding hydrogens is 516 g/mol. The van der Waals surface area contributed by atoms with Crippen molar-refractivity contribution in [1.82, 2.24) is 14.5 Å². The van der Waals surface area contributed by atoms with Gasteiger partial charge in [-0.05, 0) is 73.9 Å². The Morgan fingerprint density at radius 3 is 2.29 bits per heavy atom. The van der Waals surface area contributed by atoms with Crippen LogP contribution in [0.2, 0.25) is 0 Å². The van der Waals surface area contributed by atoms with Crippen LogP contribution in [0.15, 0.2) is 71.7 Å². The van der Waals surface area contributed by atoms with Gasteiger partial charge >= 0.3 is 6.03 Å². The first kappa shape index (κ1) is 27.6. The maximum atomic E-state index is 13.6. The van der Waals surface area contributed by atoms with Gasteiger partial charge in [0.15, 0.2) is 5.82 Å². The summed E-state index contributed by atoms with van der Waals surface area (Å²) in [5, 5.41) is 3.10. The molecule has 0 saturated carbocycles. The number of benzene rings is 3. The fraction of sp³-hybridized carbons (Fsp3) is 0.250. The highest BCUT2D eigenvalue weighted by molar-refractivity contribution is 6.07.